The molecule has 0 aliphatic carbocycles. The molecule has 21 heavy (non-hydrogen) atoms. The summed E-state index contributed by atoms with van der Waals surface area (Å²) in [7, 11) is -3.53. The van der Waals surface area contributed by atoms with Crippen LogP contribution in [0.2, 0.25) is 5.02 Å². The van der Waals surface area contributed by atoms with Crippen molar-refractivity contribution in [1.82, 2.24) is 9.62 Å². The average molecular weight is 329 g/mol. The Labute approximate surface area is 131 Å². The maximum atomic E-state index is 12.7. The molecule has 1 aromatic carbocycles. The second kappa shape index (κ2) is 6.92. The summed E-state index contributed by atoms with van der Waals surface area (Å²) in [6.45, 7) is 5.63. The topological polar surface area (TPSA) is 49.4 Å². The van der Waals surface area contributed by atoms with Gasteiger partial charge in [-0.15, -0.1) is 0 Å². The molecular weight excluding hydrogens is 308 g/mol. The van der Waals surface area contributed by atoms with E-state index in [-0.39, 0.29) is 9.92 Å². The summed E-state index contributed by atoms with van der Waals surface area (Å²) in [4.78, 5) is 0.197. The molecule has 0 bridgehead atoms. The molecule has 6 heteroatoms. The minimum atomic E-state index is -3.53. The molecule has 116 valence electrons. The molecule has 0 amide bonds. The molecule has 1 aromatic rings. The number of rotatable bonds is 5. The third-order valence-electron chi connectivity index (χ3n) is 3.35. The smallest absolute Gasteiger partial charge is 0.244 e. The van der Waals surface area contributed by atoms with E-state index in [4.69, 9.17) is 11.6 Å². The quantitative estimate of drug-likeness (QED) is 0.846. The average Bonchev–Trinajstić information content (AvgIpc) is 2.47. The summed E-state index contributed by atoms with van der Waals surface area (Å²) in [6.07, 6.45) is 4.61. The van der Waals surface area contributed by atoms with Crippen LogP contribution in [0.25, 0.3) is 0 Å². The Hall–Kier alpha value is -0.880. The maximum absolute atomic E-state index is 12.7. The van der Waals surface area contributed by atoms with E-state index in [1.165, 1.54) is 4.31 Å². The van der Waals surface area contributed by atoms with Gasteiger partial charge in [-0.2, -0.15) is 4.31 Å². The van der Waals surface area contributed by atoms with Crippen LogP contribution in [0.1, 0.15) is 25.8 Å². The number of sulfonamides is 1. The highest BCUT2D eigenvalue weighted by Crippen LogP contribution is 2.26. The zero-order valence-corrected chi connectivity index (χ0v) is 13.9. The lowest BCUT2D eigenvalue weighted by molar-refractivity contribution is 0.437. The molecule has 0 spiro atoms. The van der Waals surface area contributed by atoms with Gasteiger partial charge in [0.05, 0.1) is 5.02 Å². The minimum absolute atomic E-state index is 0.197. The lowest BCUT2D eigenvalue weighted by atomic mass is 10.2. The Bertz CT molecular complexity index is 627. The highest BCUT2D eigenvalue weighted by Gasteiger charge is 2.26. The minimum Gasteiger partial charge on any atom is -0.310 e. The monoisotopic (exact) mass is 328 g/mol. The van der Waals surface area contributed by atoms with Crippen molar-refractivity contribution >= 4 is 21.6 Å². The van der Waals surface area contributed by atoms with E-state index in [2.05, 4.69) is 5.32 Å². The summed E-state index contributed by atoms with van der Waals surface area (Å²) in [5, 5.41) is 3.55. The first-order chi connectivity index (χ1) is 9.91. The van der Waals surface area contributed by atoms with Crippen LogP contribution in [0.4, 0.5) is 0 Å². The number of halogens is 1. The van der Waals surface area contributed by atoms with Crippen LogP contribution in [-0.2, 0) is 16.6 Å². The van der Waals surface area contributed by atoms with Gasteiger partial charge in [0.1, 0.15) is 4.90 Å². The van der Waals surface area contributed by atoms with Crippen molar-refractivity contribution in [2.75, 3.05) is 13.1 Å². The summed E-state index contributed by atoms with van der Waals surface area (Å²) in [6, 6.07) is 5.53. The van der Waals surface area contributed by atoms with Crippen LogP contribution in [0.15, 0.2) is 35.2 Å². The summed E-state index contributed by atoms with van der Waals surface area (Å²) < 4.78 is 26.8. The van der Waals surface area contributed by atoms with Gasteiger partial charge in [0.2, 0.25) is 10.0 Å². The van der Waals surface area contributed by atoms with E-state index in [0.29, 0.717) is 25.7 Å². The number of nitrogens with one attached hydrogen (secondary N) is 1. The molecule has 2 rings (SSSR count). The van der Waals surface area contributed by atoms with Gasteiger partial charge in [-0.3, -0.25) is 0 Å². The number of benzene rings is 1. The van der Waals surface area contributed by atoms with Gasteiger partial charge in [-0.1, -0.05) is 43.7 Å². The highest BCUT2D eigenvalue weighted by atomic mass is 35.5. The third-order valence-corrected chi connectivity index (χ3v) is 5.70. The van der Waals surface area contributed by atoms with Crippen molar-refractivity contribution in [3.8, 4) is 0 Å². The van der Waals surface area contributed by atoms with Crippen molar-refractivity contribution in [2.24, 2.45) is 0 Å². The van der Waals surface area contributed by atoms with Crippen LogP contribution in [0.3, 0.4) is 0 Å². The van der Waals surface area contributed by atoms with Gasteiger partial charge in [-0.05, 0) is 24.1 Å². The lowest BCUT2D eigenvalue weighted by Gasteiger charge is -2.23. The number of hydrogen-bond acceptors (Lipinski definition) is 3. The van der Waals surface area contributed by atoms with Gasteiger partial charge < -0.3 is 5.32 Å². The van der Waals surface area contributed by atoms with Gasteiger partial charge in [0.15, 0.2) is 0 Å². The zero-order valence-electron chi connectivity index (χ0n) is 12.3. The molecule has 0 fully saturated rings. The molecule has 0 atom stereocenters. The fourth-order valence-electron chi connectivity index (χ4n) is 2.15. The number of hydrogen-bond donors (Lipinski definition) is 1. The summed E-state index contributed by atoms with van der Waals surface area (Å²) in [5.41, 5.74) is 0.916. The molecule has 1 aliphatic heterocycles. The largest absolute Gasteiger partial charge is 0.310 e. The second-order valence-corrected chi connectivity index (χ2v) is 7.74. The van der Waals surface area contributed by atoms with Crippen LogP contribution >= 0.6 is 11.6 Å². The predicted molar refractivity (Wildman–Crippen MR) is 85.9 cm³/mol. The summed E-state index contributed by atoms with van der Waals surface area (Å²) in [5.74, 6) is 0. The van der Waals surface area contributed by atoms with Crippen molar-refractivity contribution in [1.29, 1.82) is 0 Å². The summed E-state index contributed by atoms with van der Waals surface area (Å²) >= 11 is 6.12. The maximum Gasteiger partial charge on any atom is 0.244 e. The van der Waals surface area contributed by atoms with E-state index in [9.17, 15) is 8.42 Å². The van der Waals surface area contributed by atoms with Crippen LogP contribution < -0.4 is 5.32 Å². The molecular formula is C15H21ClN2O2S. The molecule has 0 saturated heterocycles. The van der Waals surface area contributed by atoms with Crippen molar-refractivity contribution in [3.63, 3.8) is 0 Å². The molecule has 1 aliphatic rings. The Morgan fingerprint density at radius 1 is 1.33 bits per heavy atom. The lowest BCUT2D eigenvalue weighted by Crippen LogP contribution is -2.34. The van der Waals surface area contributed by atoms with Crippen LogP contribution in [0.5, 0.6) is 0 Å². The molecule has 0 unspecified atom stereocenters. The van der Waals surface area contributed by atoms with E-state index in [1.807, 2.05) is 32.1 Å². The SMILES string of the molecule is CC(C)NCc1ccc(Cl)c(S(=O)(=O)N2CC=CCC2)c1. The molecule has 1 N–H and O–H groups in total. The first-order valence-electron chi connectivity index (χ1n) is 7.08. The zero-order chi connectivity index (χ0) is 15.5. The molecule has 0 saturated carbocycles. The number of nitrogens with zero attached hydrogens (tertiary/aromatic N) is 1. The Kier molecular flexibility index (Phi) is 5.43. The standard InChI is InChI=1S/C15H21ClN2O2S/c1-12(2)17-11-13-6-7-14(16)15(10-13)21(19,20)18-8-4-3-5-9-18/h3-4,6-7,10,12,17H,5,8-9,11H2,1-2H3. The second-order valence-electron chi connectivity index (χ2n) is 5.42. The van der Waals surface area contributed by atoms with E-state index < -0.39 is 10.0 Å². The van der Waals surface area contributed by atoms with Crippen molar-refractivity contribution < 1.29 is 8.42 Å². The first kappa shape index (κ1) is 16.5. The van der Waals surface area contributed by atoms with Gasteiger partial charge >= 0.3 is 0 Å². The molecule has 0 radical (unpaired) electrons. The first-order valence-corrected chi connectivity index (χ1v) is 8.90. The van der Waals surface area contributed by atoms with Gasteiger partial charge in [0, 0.05) is 25.7 Å². The van der Waals surface area contributed by atoms with Crippen molar-refractivity contribution in [2.45, 2.75) is 37.8 Å². The third kappa shape index (κ3) is 4.07. The Balaban J connectivity index is 2.29. The van der Waals surface area contributed by atoms with E-state index in [1.54, 1.807) is 12.1 Å². The molecule has 1 heterocycles. The van der Waals surface area contributed by atoms with Crippen LogP contribution in [0, 0.1) is 0 Å². The normalized spacial score (nSPS) is 16.6. The van der Waals surface area contributed by atoms with E-state index >= 15 is 0 Å². The highest BCUT2D eigenvalue weighted by molar-refractivity contribution is 7.89. The fourth-order valence-corrected chi connectivity index (χ4v) is 4.09. The predicted octanol–water partition coefficient (Wildman–Crippen LogP) is 2.79. The van der Waals surface area contributed by atoms with Crippen molar-refractivity contribution in [3.05, 3.63) is 40.9 Å². The van der Waals surface area contributed by atoms with Gasteiger partial charge in [0.25, 0.3) is 0 Å². The fraction of sp³-hybridized carbons (Fsp3) is 0.467. The molecule has 0 aromatic heterocycles. The Morgan fingerprint density at radius 3 is 2.71 bits per heavy atom. The molecule has 4 nitrogen and oxygen atoms in total. The van der Waals surface area contributed by atoms with Gasteiger partial charge in [-0.25, -0.2) is 8.42 Å². The van der Waals surface area contributed by atoms with Crippen LogP contribution in [-0.4, -0.2) is 31.9 Å². The van der Waals surface area contributed by atoms with E-state index in [0.717, 1.165) is 12.0 Å². The Morgan fingerprint density at radius 2 is 2.10 bits per heavy atom.